The average Bonchev–Trinajstić information content (AvgIpc) is 2.53. The zero-order valence-electron chi connectivity index (χ0n) is 13.7. The van der Waals surface area contributed by atoms with Crippen LogP contribution in [-0.2, 0) is 9.59 Å². The fourth-order valence-corrected chi connectivity index (χ4v) is 2.30. The molecule has 124 valence electrons. The van der Waals surface area contributed by atoms with Crippen molar-refractivity contribution in [3.63, 3.8) is 0 Å². The monoisotopic (exact) mass is 326 g/mol. The van der Waals surface area contributed by atoms with Crippen LogP contribution in [-0.4, -0.2) is 17.7 Å². The first-order valence-electron chi connectivity index (χ1n) is 7.48. The normalized spacial score (nSPS) is 11.5. The third-order valence-corrected chi connectivity index (χ3v) is 3.43. The van der Waals surface area contributed by atoms with Crippen molar-refractivity contribution in [2.24, 2.45) is 0 Å². The number of hydrogen-bond acceptors (Lipinski definition) is 5. The average molecular weight is 326 g/mol. The molecule has 5 heteroatoms. The van der Waals surface area contributed by atoms with Gasteiger partial charge in [-0.15, -0.1) is 0 Å². The minimum Gasteiger partial charge on any atom is -0.427 e. The van der Waals surface area contributed by atoms with Gasteiger partial charge in [0.2, 0.25) is 0 Å². The second-order valence-electron chi connectivity index (χ2n) is 5.34. The van der Waals surface area contributed by atoms with Crippen molar-refractivity contribution >= 4 is 17.7 Å². The van der Waals surface area contributed by atoms with Gasteiger partial charge in [0.25, 0.3) is 0 Å². The van der Waals surface area contributed by atoms with Crippen LogP contribution in [0.2, 0.25) is 0 Å². The van der Waals surface area contributed by atoms with Gasteiger partial charge >= 0.3 is 11.9 Å². The maximum atomic E-state index is 12.8. The van der Waals surface area contributed by atoms with Crippen molar-refractivity contribution in [2.75, 3.05) is 0 Å². The van der Waals surface area contributed by atoms with E-state index in [0.717, 1.165) is 5.56 Å². The molecule has 1 atom stereocenters. The van der Waals surface area contributed by atoms with Gasteiger partial charge in [-0.3, -0.25) is 14.4 Å². The number of Topliss-reactive ketones (excluding diaryl/α,β-unsaturated/α-hetero) is 1. The third kappa shape index (κ3) is 4.29. The van der Waals surface area contributed by atoms with E-state index in [1.54, 1.807) is 6.92 Å². The number of carbonyl (C=O) groups is 3. The van der Waals surface area contributed by atoms with Crippen molar-refractivity contribution < 1.29 is 23.9 Å². The van der Waals surface area contributed by atoms with Crippen LogP contribution in [0.1, 0.15) is 42.6 Å². The SMILES string of the molecule is CC(=O)Oc1ccc(C(=O)[C@H](C)c2ccccc2)c(OC(C)=O)c1. The zero-order chi connectivity index (χ0) is 17.7. The Morgan fingerprint density at radius 1 is 0.875 bits per heavy atom. The minimum absolute atomic E-state index is 0.0778. The molecule has 24 heavy (non-hydrogen) atoms. The molecule has 0 aliphatic rings. The van der Waals surface area contributed by atoms with Gasteiger partial charge in [-0.1, -0.05) is 37.3 Å². The summed E-state index contributed by atoms with van der Waals surface area (Å²) in [7, 11) is 0. The highest BCUT2D eigenvalue weighted by Crippen LogP contribution is 2.30. The summed E-state index contributed by atoms with van der Waals surface area (Å²) in [5.74, 6) is -1.36. The first-order chi connectivity index (χ1) is 11.4. The van der Waals surface area contributed by atoms with Gasteiger partial charge in [0.05, 0.1) is 5.56 Å². The molecule has 2 rings (SSSR count). The van der Waals surface area contributed by atoms with Crippen LogP contribution in [0.15, 0.2) is 48.5 Å². The Morgan fingerprint density at radius 3 is 2.08 bits per heavy atom. The highest BCUT2D eigenvalue weighted by Gasteiger charge is 2.22. The van der Waals surface area contributed by atoms with Crippen molar-refractivity contribution in [1.29, 1.82) is 0 Å². The first-order valence-corrected chi connectivity index (χ1v) is 7.48. The Hall–Kier alpha value is -2.95. The van der Waals surface area contributed by atoms with E-state index in [0.29, 0.717) is 0 Å². The van der Waals surface area contributed by atoms with E-state index in [1.165, 1.54) is 32.0 Å². The number of hydrogen-bond donors (Lipinski definition) is 0. The molecule has 0 saturated heterocycles. The van der Waals surface area contributed by atoms with Gasteiger partial charge in [0.1, 0.15) is 11.5 Å². The summed E-state index contributed by atoms with van der Waals surface area (Å²) in [6.45, 7) is 4.30. The lowest BCUT2D eigenvalue weighted by Gasteiger charge is -2.14. The number of benzene rings is 2. The Balaban J connectivity index is 2.38. The van der Waals surface area contributed by atoms with E-state index in [2.05, 4.69) is 0 Å². The number of esters is 2. The predicted molar refractivity (Wildman–Crippen MR) is 88.2 cm³/mol. The largest absolute Gasteiger partial charge is 0.427 e. The van der Waals surface area contributed by atoms with Crippen LogP contribution in [0.4, 0.5) is 0 Å². The van der Waals surface area contributed by atoms with Gasteiger partial charge in [-0.25, -0.2) is 0 Å². The minimum atomic E-state index is -0.559. The van der Waals surface area contributed by atoms with Crippen LogP contribution in [0.25, 0.3) is 0 Å². The molecule has 0 fully saturated rings. The molecule has 0 aromatic heterocycles. The van der Waals surface area contributed by atoms with Crippen molar-refractivity contribution in [3.8, 4) is 11.5 Å². The lowest BCUT2D eigenvalue weighted by Crippen LogP contribution is -2.13. The molecule has 2 aromatic rings. The van der Waals surface area contributed by atoms with Crippen LogP contribution >= 0.6 is 0 Å². The van der Waals surface area contributed by atoms with E-state index in [-0.39, 0.29) is 22.8 Å². The standard InChI is InChI=1S/C19H18O5/c1-12(15-7-5-4-6-8-15)19(22)17-10-9-16(23-13(2)20)11-18(17)24-14(3)21/h4-12H,1-3H3/t12-/m1/s1. The Morgan fingerprint density at radius 2 is 1.50 bits per heavy atom. The fraction of sp³-hybridized carbons (Fsp3) is 0.211. The molecule has 0 bridgehead atoms. The van der Waals surface area contributed by atoms with E-state index < -0.39 is 17.9 Å². The summed E-state index contributed by atoms with van der Waals surface area (Å²) in [6.07, 6.45) is 0. The molecular weight excluding hydrogens is 308 g/mol. The van der Waals surface area contributed by atoms with Crippen LogP contribution in [0, 0.1) is 0 Å². The molecule has 0 amide bonds. The highest BCUT2D eigenvalue weighted by molar-refractivity contribution is 6.03. The first kappa shape index (κ1) is 17.4. The summed E-state index contributed by atoms with van der Waals surface area (Å²) in [4.78, 5) is 35.2. The fourth-order valence-electron chi connectivity index (χ4n) is 2.30. The van der Waals surface area contributed by atoms with Gasteiger partial charge in [-0.2, -0.15) is 0 Å². The van der Waals surface area contributed by atoms with E-state index in [1.807, 2.05) is 30.3 Å². The Labute approximate surface area is 140 Å². The second kappa shape index (κ2) is 7.55. The topological polar surface area (TPSA) is 69.7 Å². The van der Waals surface area contributed by atoms with Crippen LogP contribution < -0.4 is 9.47 Å². The molecule has 0 saturated carbocycles. The maximum absolute atomic E-state index is 12.8. The molecule has 5 nitrogen and oxygen atoms in total. The van der Waals surface area contributed by atoms with Gasteiger partial charge in [-0.05, 0) is 17.7 Å². The number of rotatable bonds is 5. The van der Waals surface area contributed by atoms with Crippen molar-refractivity contribution in [3.05, 3.63) is 59.7 Å². The van der Waals surface area contributed by atoms with E-state index in [9.17, 15) is 14.4 Å². The number of carbonyl (C=O) groups excluding carboxylic acids is 3. The van der Waals surface area contributed by atoms with Gasteiger partial charge in [0, 0.05) is 25.8 Å². The maximum Gasteiger partial charge on any atom is 0.308 e. The summed E-state index contributed by atoms with van der Waals surface area (Å²) < 4.78 is 10.1. The molecule has 0 unspecified atom stereocenters. The molecule has 0 radical (unpaired) electrons. The van der Waals surface area contributed by atoms with Gasteiger partial charge < -0.3 is 9.47 Å². The molecule has 0 heterocycles. The summed E-state index contributed by atoms with van der Waals surface area (Å²) in [5, 5.41) is 0. The van der Waals surface area contributed by atoms with Crippen molar-refractivity contribution in [2.45, 2.75) is 26.7 Å². The molecule has 0 spiro atoms. The van der Waals surface area contributed by atoms with Crippen LogP contribution in [0.3, 0.4) is 0 Å². The lowest BCUT2D eigenvalue weighted by molar-refractivity contribution is -0.132. The quantitative estimate of drug-likeness (QED) is 0.477. The van der Waals surface area contributed by atoms with Crippen molar-refractivity contribution in [1.82, 2.24) is 0 Å². The third-order valence-electron chi connectivity index (χ3n) is 3.43. The molecular formula is C19H18O5. The molecule has 0 aliphatic carbocycles. The Bertz CT molecular complexity index is 765. The smallest absolute Gasteiger partial charge is 0.308 e. The van der Waals surface area contributed by atoms with Crippen LogP contribution in [0.5, 0.6) is 11.5 Å². The molecule has 2 aromatic carbocycles. The summed E-state index contributed by atoms with van der Waals surface area (Å²) in [6, 6.07) is 13.7. The number of ether oxygens (including phenoxy) is 2. The van der Waals surface area contributed by atoms with E-state index >= 15 is 0 Å². The van der Waals surface area contributed by atoms with Gasteiger partial charge in [0.15, 0.2) is 5.78 Å². The molecule has 0 aliphatic heterocycles. The number of ketones is 1. The molecule has 0 N–H and O–H groups in total. The lowest BCUT2D eigenvalue weighted by atomic mass is 9.92. The summed E-state index contributed by atoms with van der Waals surface area (Å²) in [5.41, 5.74) is 1.12. The zero-order valence-corrected chi connectivity index (χ0v) is 13.7. The highest BCUT2D eigenvalue weighted by atomic mass is 16.5. The Kier molecular flexibility index (Phi) is 5.47. The second-order valence-corrected chi connectivity index (χ2v) is 5.34. The summed E-state index contributed by atoms with van der Waals surface area (Å²) >= 11 is 0. The predicted octanol–water partition coefficient (Wildman–Crippen LogP) is 3.52. The van der Waals surface area contributed by atoms with E-state index in [4.69, 9.17) is 9.47 Å².